The van der Waals surface area contributed by atoms with E-state index in [4.69, 9.17) is 0 Å². The summed E-state index contributed by atoms with van der Waals surface area (Å²) in [5.41, 5.74) is 2.64. The molecule has 1 amide bonds. The second-order valence-electron chi connectivity index (χ2n) is 5.87. The van der Waals surface area contributed by atoms with E-state index in [1.165, 1.54) is 36.4 Å². The van der Waals surface area contributed by atoms with Gasteiger partial charge in [0.2, 0.25) is 5.91 Å². The van der Waals surface area contributed by atoms with Gasteiger partial charge in [0.15, 0.2) is 0 Å². The molecule has 2 aromatic rings. The van der Waals surface area contributed by atoms with Crippen molar-refractivity contribution in [3.8, 4) is 0 Å². The minimum Gasteiger partial charge on any atom is -0.372 e. The number of carbonyl (C=O) groups excluding carboxylic acids is 1. The normalized spacial score (nSPS) is 14.0. The first-order chi connectivity index (χ1) is 11.7. The number of benzene rings is 2. The average Bonchev–Trinajstić information content (AvgIpc) is 3.12. The predicted octanol–water partition coefficient (Wildman–Crippen LogP) is 4.30. The zero-order valence-corrected chi connectivity index (χ0v) is 14.3. The van der Waals surface area contributed by atoms with Gasteiger partial charge in [-0.2, -0.15) is 0 Å². The smallest absolute Gasteiger partial charge is 0.234 e. The lowest BCUT2D eigenvalue weighted by molar-refractivity contribution is -0.113. The van der Waals surface area contributed by atoms with Gasteiger partial charge in [-0.3, -0.25) is 4.79 Å². The molecule has 0 atom stereocenters. The average molecular weight is 344 g/mol. The van der Waals surface area contributed by atoms with E-state index in [2.05, 4.69) is 10.2 Å². The molecule has 126 valence electrons. The number of amides is 1. The maximum Gasteiger partial charge on any atom is 0.234 e. The third-order valence-corrected chi connectivity index (χ3v) is 5.05. The summed E-state index contributed by atoms with van der Waals surface area (Å²) in [5.74, 6) is 0.518. The van der Waals surface area contributed by atoms with Gasteiger partial charge in [0.1, 0.15) is 5.82 Å². The van der Waals surface area contributed by atoms with E-state index in [1.807, 2.05) is 24.3 Å². The Labute approximate surface area is 146 Å². The molecule has 1 aliphatic rings. The highest BCUT2D eigenvalue weighted by molar-refractivity contribution is 7.99. The van der Waals surface area contributed by atoms with Crippen LogP contribution in [0.5, 0.6) is 0 Å². The highest BCUT2D eigenvalue weighted by atomic mass is 32.2. The third-order valence-electron chi connectivity index (χ3n) is 4.07. The monoisotopic (exact) mass is 344 g/mol. The second-order valence-corrected chi connectivity index (χ2v) is 6.86. The molecule has 0 aromatic heterocycles. The summed E-state index contributed by atoms with van der Waals surface area (Å²) in [7, 11) is 0. The Morgan fingerprint density at radius 2 is 1.79 bits per heavy atom. The molecule has 1 saturated heterocycles. The van der Waals surface area contributed by atoms with E-state index in [9.17, 15) is 9.18 Å². The summed E-state index contributed by atoms with van der Waals surface area (Å²) in [4.78, 5) is 14.3. The minimum atomic E-state index is -0.220. The largest absolute Gasteiger partial charge is 0.372 e. The van der Waals surface area contributed by atoms with E-state index in [0.29, 0.717) is 17.1 Å². The Morgan fingerprint density at radius 1 is 1.08 bits per heavy atom. The molecule has 2 aromatic carbocycles. The van der Waals surface area contributed by atoms with E-state index in [1.54, 1.807) is 18.2 Å². The molecule has 1 N–H and O–H groups in total. The zero-order chi connectivity index (χ0) is 16.8. The first kappa shape index (κ1) is 16.8. The van der Waals surface area contributed by atoms with Crippen molar-refractivity contribution in [1.82, 2.24) is 0 Å². The van der Waals surface area contributed by atoms with Crippen molar-refractivity contribution in [1.29, 1.82) is 0 Å². The third kappa shape index (κ3) is 4.51. The van der Waals surface area contributed by atoms with Crippen LogP contribution in [0.25, 0.3) is 0 Å². The topological polar surface area (TPSA) is 32.3 Å². The summed E-state index contributed by atoms with van der Waals surface area (Å²) in [6, 6.07) is 14.6. The number of anilines is 2. The molecule has 0 radical (unpaired) electrons. The molecule has 0 spiro atoms. The molecular formula is C19H21FN2OS. The Bertz CT molecular complexity index is 684. The van der Waals surface area contributed by atoms with Gasteiger partial charge in [-0.15, -0.1) is 11.8 Å². The Kier molecular flexibility index (Phi) is 5.75. The van der Waals surface area contributed by atoms with Crippen LogP contribution in [0.4, 0.5) is 15.8 Å². The van der Waals surface area contributed by atoms with Crippen molar-refractivity contribution in [3.63, 3.8) is 0 Å². The zero-order valence-electron chi connectivity index (χ0n) is 13.5. The SMILES string of the molecule is O=C(CSCc1ccccc1F)Nc1ccc(N2CCCC2)cc1. The molecule has 1 aliphatic heterocycles. The van der Waals surface area contributed by atoms with Crippen LogP contribution in [0.15, 0.2) is 48.5 Å². The van der Waals surface area contributed by atoms with Crippen LogP contribution < -0.4 is 10.2 Å². The fraction of sp³-hybridized carbons (Fsp3) is 0.316. The lowest BCUT2D eigenvalue weighted by atomic mass is 10.2. The van der Waals surface area contributed by atoms with Crippen LogP contribution in [0.3, 0.4) is 0 Å². The van der Waals surface area contributed by atoms with Crippen LogP contribution in [-0.2, 0) is 10.5 Å². The van der Waals surface area contributed by atoms with Crippen LogP contribution in [0, 0.1) is 5.82 Å². The van der Waals surface area contributed by atoms with Crippen LogP contribution in [-0.4, -0.2) is 24.7 Å². The van der Waals surface area contributed by atoms with E-state index in [-0.39, 0.29) is 11.7 Å². The van der Waals surface area contributed by atoms with Crippen molar-refractivity contribution >= 4 is 29.0 Å². The molecule has 0 unspecified atom stereocenters. The number of nitrogens with one attached hydrogen (secondary N) is 1. The first-order valence-electron chi connectivity index (χ1n) is 8.18. The lowest BCUT2D eigenvalue weighted by Crippen LogP contribution is -2.18. The lowest BCUT2D eigenvalue weighted by Gasteiger charge is -2.17. The molecule has 3 rings (SSSR count). The van der Waals surface area contributed by atoms with Gasteiger partial charge in [0.05, 0.1) is 5.75 Å². The van der Waals surface area contributed by atoms with Crippen molar-refractivity contribution < 1.29 is 9.18 Å². The number of hydrogen-bond acceptors (Lipinski definition) is 3. The number of hydrogen-bond donors (Lipinski definition) is 1. The Balaban J connectivity index is 1.45. The van der Waals surface area contributed by atoms with Gasteiger partial charge in [0, 0.05) is 30.2 Å². The molecule has 24 heavy (non-hydrogen) atoms. The van der Waals surface area contributed by atoms with E-state index in [0.717, 1.165) is 18.8 Å². The number of carbonyl (C=O) groups is 1. The number of rotatable bonds is 6. The molecule has 0 bridgehead atoms. The Morgan fingerprint density at radius 3 is 2.50 bits per heavy atom. The second kappa shape index (κ2) is 8.20. The maximum absolute atomic E-state index is 13.5. The first-order valence-corrected chi connectivity index (χ1v) is 9.34. The van der Waals surface area contributed by atoms with E-state index >= 15 is 0 Å². The molecule has 3 nitrogen and oxygen atoms in total. The number of thioether (sulfide) groups is 1. The van der Waals surface area contributed by atoms with Crippen LogP contribution >= 0.6 is 11.8 Å². The molecule has 0 aliphatic carbocycles. The van der Waals surface area contributed by atoms with Crippen molar-refractivity contribution in [2.75, 3.05) is 29.1 Å². The van der Waals surface area contributed by atoms with Crippen LogP contribution in [0.1, 0.15) is 18.4 Å². The fourth-order valence-corrected chi connectivity index (χ4v) is 3.61. The van der Waals surface area contributed by atoms with Gasteiger partial charge in [-0.25, -0.2) is 4.39 Å². The number of nitrogens with zero attached hydrogens (tertiary/aromatic N) is 1. The predicted molar refractivity (Wildman–Crippen MR) is 99.1 cm³/mol. The van der Waals surface area contributed by atoms with Gasteiger partial charge < -0.3 is 10.2 Å². The summed E-state index contributed by atoms with van der Waals surface area (Å²) in [6.45, 7) is 2.22. The molecule has 5 heteroatoms. The van der Waals surface area contributed by atoms with Crippen molar-refractivity contribution in [3.05, 3.63) is 59.9 Å². The summed E-state index contributed by atoms with van der Waals surface area (Å²) >= 11 is 1.41. The highest BCUT2D eigenvalue weighted by Crippen LogP contribution is 2.22. The fourth-order valence-electron chi connectivity index (χ4n) is 2.80. The van der Waals surface area contributed by atoms with Gasteiger partial charge in [-0.05, 0) is 48.7 Å². The van der Waals surface area contributed by atoms with Crippen molar-refractivity contribution in [2.24, 2.45) is 0 Å². The number of halogens is 1. The van der Waals surface area contributed by atoms with Gasteiger partial charge in [0.25, 0.3) is 0 Å². The highest BCUT2D eigenvalue weighted by Gasteiger charge is 2.12. The van der Waals surface area contributed by atoms with Gasteiger partial charge >= 0.3 is 0 Å². The van der Waals surface area contributed by atoms with Gasteiger partial charge in [-0.1, -0.05) is 18.2 Å². The summed E-state index contributed by atoms with van der Waals surface area (Å²) < 4.78 is 13.5. The minimum absolute atomic E-state index is 0.0646. The Hall–Kier alpha value is -2.01. The van der Waals surface area contributed by atoms with Crippen LogP contribution in [0.2, 0.25) is 0 Å². The molecule has 1 fully saturated rings. The molecule has 1 heterocycles. The summed E-state index contributed by atoms with van der Waals surface area (Å²) in [6.07, 6.45) is 2.50. The maximum atomic E-state index is 13.5. The molecular weight excluding hydrogens is 323 g/mol. The molecule has 0 saturated carbocycles. The van der Waals surface area contributed by atoms with Crippen molar-refractivity contribution in [2.45, 2.75) is 18.6 Å². The van der Waals surface area contributed by atoms with E-state index < -0.39 is 0 Å². The standard InChI is InChI=1S/C19H21FN2OS/c20-18-6-2-1-5-15(18)13-24-14-19(23)21-16-7-9-17(10-8-16)22-11-3-4-12-22/h1-2,5-10H,3-4,11-14H2,(H,21,23). The quantitative estimate of drug-likeness (QED) is 0.848. The summed E-state index contributed by atoms with van der Waals surface area (Å²) in [5, 5.41) is 2.89.